The lowest BCUT2D eigenvalue weighted by molar-refractivity contribution is -0.141. The van der Waals surface area contributed by atoms with E-state index in [0.29, 0.717) is 17.0 Å². The van der Waals surface area contributed by atoms with Gasteiger partial charge >= 0.3 is 11.9 Å². The molecule has 0 aliphatic heterocycles. The molecule has 0 saturated carbocycles. The summed E-state index contributed by atoms with van der Waals surface area (Å²) in [5.41, 5.74) is 0.468. The number of benzene rings is 1. The average Bonchev–Trinajstić information content (AvgIpc) is 2.53. The summed E-state index contributed by atoms with van der Waals surface area (Å²) in [6.45, 7) is 0.0275. The zero-order valence-corrected chi connectivity index (χ0v) is 13.3. The largest absolute Gasteiger partial charge is 0.469 e. The number of oxime groups is 1. The molecule has 0 aliphatic rings. The van der Waals surface area contributed by atoms with Crippen molar-refractivity contribution in [3.63, 3.8) is 0 Å². The van der Waals surface area contributed by atoms with Crippen LogP contribution < -0.4 is 4.74 Å². The van der Waals surface area contributed by atoms with Crippen molar-refractivity contribution in [3.05, 3.63) is 28.8 Å². The Morgan fingerprint density at radius 2 is 2.09 bits per heavy atom. The maximum absolute atomic E-state index is 11.8. The van der Waals surface area contributed by atoms with Crippen molar-refractivity contribution in [3.8, 4) is 18.1 Å². The molecule has 0 amide bonds. The Kier molecular flexibility index (Phi) is 8.25. The zero-order valence-electron chi connectivity index (χ0n) is 12.6. The van der Waals surface area contributed by atoms with E-state index in [2.05, 4.69) is 15.8 Å². The molecule has 0 atom stereocenters. The maximum atomic E-state index is 11.8. The molecule has 0 aliphatic carbocycles. The number of esters is 2. The third-order valence-electron chi connectivity index (χ3n) is 2.60. The van der Waals surface area contributed by atoms with Crippen LogP contribution >= 0.6 is 11.6 Å². The van der Waals surface area contributed by atoms with Gasteiger partial charge in [-0.3, -0.25) is 9.59 Å². The molecule has 0 N–H and O–H groups in total. The highest BCUT2D eigenvalue weighted by atomic mass is 35.5. The topological polar surface area (TPSA) is 74.2 Å². The lowest BCUT2D eigenvalue weighted by Gasteiger charge is -2.07. The number of carbonyl (C=O) groups is 2. The molecule has 6 nitrogen and oxygen atoms in total. The van der Waals surface area contributed by atoms with Crippen molar-refractivity contribution in [2.24, 2.45) is 5.16 Å². The number of hydrogen-bond acceptors (Lipinski definition) is 6. The normalized spacial score (nSPS) is 10.1. The molecule has 0 bridgehead atoms. The van der Waals surface area contributed by atoms with Crippen LogP contribution in [-0.4, -0.2) is 31.9 Å². The summed E-state index contributed by atoms with van der Waals surface area (Å²) < 4.78 is 9.73. The lowest BCUT2D eigenvalue weighted by atomic mass is 10.2. The molecule has 1 rings (SSSR count). The Labute approximate surface area is 139 Å². The summed E-state index contributed by atoms with van der Waals surface area (Å²) in [5.74, 6) is 1.70. The van der Waals surface area contributed by atoms with Gasteiger partial charge in [-0.25, -0.2) is 0 Å². The van der Waals surface area contributed by atoms with E-state index in [0.717, 1.165) is 0 Å². The van der Waals surface area contributed by atoms with Crippen LogP contribution in [0.4, 0.5) is 0 Å². The van der Waals surface area contributed by atoms with Gasteiger partial charge in [0.25, 0.3) is 0 Å². The molecule has 1 aromatic rings. The van der Waals surface area contributed by atoms with Gasteiger partial charge in [0.15, 0.2) is 6.61 Å². The van der Waals surface area contributed by atoms with E-state index >= 15 is 0 Å². The second kappa shape index (κ2) is 10.2. The summed E-state index contributed by atoms with van der Waals surface area (Å²) in [6.07, 6.45) is 6.96. The monoisotopic (exact) mass is 337 g/mol. The van der Waals surface area contributed by atoms with Crippen molar-refractivity contribution in [2.75, 3.05) is 13.7 Å². The molecule has 7 heteroatoms. The standard InChI is InChI=1S/C16H16ClNO5/c1-3-9-22-18-11-12-10-13(17)7-8-14(12)23-16(20)6-4-5-15(19)21-2/h1,7-8,10-11H,4-6,9H2,2H3/b18-11+. The highest BCUT2D eigenvalue weighted by Gasteiger charge is 2.10. The average molecular weight is 338 g/mol. The number of carbonyl (C=O) groups excluding carboxylic acids is 2. The van der Waals surface area contributed by atoms with Gasteiger partial charge < -0.3 is 14.3 Å². The Morgan fingerprint density at radius 1 is 1.35 bits per heavy atom. The van der Waals surface area contributed by atoms with E-state index in [1.165, 1.54) is 13.3 Å². The van der Waals surface area contributed by atoms with E-state index in [1.54, 1.807) is 18.2 Å². The third kappa shape index (κ3) is 7.34. The fraction of sp³-hybridized carbons (Fsp3) is 0.312. The van der Waals surface area contributed by atoms with Crippen LogP contribution in [0.15, 0.2) is 23.4 Å². The summed E-state index contributed by atoms with van der Waals surface area (Å²) in [6, 6.07) is 4.70. The van der Waals surface area contributed by atoms with Crippen LogP contribution in [0.1, 0.15) is 24.8 Å². The minimum atomic E-state index is -0.476. The lowest BCUT2D eigenvalue weighted by Crippen LogP contribution is -2.10. The van der Waals surface area contributed by atoms with Gasteiger partial charge in [0.1, 0.15) is 5.75 Å². The summed E-state index contributed by atoms with van der Waals surface area (Å²) >= 11 is 5.90. The zero-order chi connectivity index (χ0) is 17.1. The Hall–Kier alpha value is -2.52. The summed E-state index contributed by atoms with van der Waals surface area (Å²) in [7, 11) is 1.29. The molecular weight excluding hydrogens is 322 g/mol. The Morgan fingerprint density at radius 3 is 2.78 bits per heavy atom. The van der Waals surface area contributed by atoms with Crippen molar-refractivity contribution in [2.45, 2.75) is 19.3 Å². The van der Waals surface area contributed by atoms with E-state index < -0.39 is 5.97 Å². The molecule has 23 heavy (non-hydrogen) atoms. The molecule has 1 aromatic carbocycles. The number of ether oxygens (including phenoxy) is 2. The van der Waals surface area contributed by atoms with Gasteiger partial charge in [0.05, 0.1) is 13.3 Å². The van der Waals surface area contributed by atoms with Gasteiger partial charge in [-0.1, -0.05) is 22.7 Å². The first kappa shape index (κ1) is 18.5. The predicted molar refractivity (Wildman–Crippen MR) is 85.3 cm³/mol. The van der Waals surface area contributed by atoms with Crippen molar-refractivity contribution in [1.29, 1.82) is 0 Å². The van der Waals surface area contributed by atoms with E-state index in [1.807, 2.05) is 0 Å². The van der Waals surface area contributed by atoms with Gasteiger partial charge in [-0.2, -0.15) is 0 Å². The van der Waals surface area contributed by atoms with Gasteiger partial charge in [-0.15, -0.1) is 6.42 Å². The smallest absolute Gasteiger partial charge is 0.311 e. The van der Waals surface area contributed by atoms with Crippen LogP contribution in [0.5, 0.6) is 5.75 Å². The molecule has 0 heterocycles. The highest BCUT2D eigenvalue weighted by molar-refractivity contribution is 6.30. The third-order valence-corrected chi connectivity index (χ3v) is 2.83. The maximum Gasteiger partial charge on any atom is 0.311 e. The summed E-state index contributed by atoms with van der Waals surface area (Å²) in [4.78, 5) is 27.6. The quantitative estimate of drug-likeness (QED) is 0.182. The number of halogens is 1. The van der Waals surface area contributed by atoms with E-state index in [4.69, 9.17) is 27.6 Å². The number of rotatable bonds is 8. The molecule has 122 valence electrons. The van der Waals surface area contributed by atoms with E-state index in [9.17, 15) is 9.59 Å². The number of hydrogen-bond donors (Lipinski definition) is 0. The first-order chi connectivity index (χ1) is 11.1. The fourth-order valence-corrected chi connectivity index (χ4v) is 1.72. The Balaban J connectivity index is 2.64. The van der Waals surface area contributed by atoms with Gasteiger partial charge in [0.2, 0.25) is 0 Å². The number of terminal acetylenes is 1. The van der Waals surface area contributed by atoms with Crippen molar-refractivity contribution < 1.29 is 23.9 Å². The molecule has 0 saturated heterocycles. The fourth-order valence-electron chi connectivity index (χ4n) is 1.53. The van der Waals surface area contributed by atoms with Crippen LogP contribution in [0.3, 0.4) is 0 Å². The van der Waals surface area contributed by atoms with Crippen molar-refractivity contribution in [1.82, 2.24) is 0 Å². The highest BCUT2D eigenvalue weighted by Crippen LogP contribution is 2.22. The van der Waals surface area contributed by atoms with Crippen LogP contribution in [0.2, 0.25) is 5.02 Å². The molecule has 0 unspecified atom stereocenters. The molecule has 0 fully saturated rings. The number of methoxy groups -OCH3 is 1. The molecule has 0 spiro atoms. The van der Waals surface area contributed by atoms with E-state index in [-0.39, 0.29) is 31.2 Å². The predicted octanol–water partition coefficient (Wildman–Crippen LogP) is 2.57. The Bertz CT molecular complexity index is 621. The van der Waals surface area contributed by atoms with Gasteiger partial charge in [-0.05, 0) is 24.6 Å². The first-order valence-electron chi connectivity index (χ1n) is 6.72. The second-order valence-electron chi connectivity index (χ2n) is 4.30. The SMILES string of the molecule is C#CCO/N=C/c1cc(Cl)ccc1OC(=O)CCCC(=O)OC. The molecule has 0 radical (unpaired) electrons. The van der Waals surface area contributed by atoms with Crippen molar-refractivity contribution >= 4 is 29.8 Å². The molecule has 0 aromatic heterocycles. The first-order valence-corrected chi connectivity index (χ1v) is 7.10. The van der Waals surface area contributed by atoms with Crippen LogP contribution in [0.25, 0.3) is 0 Å². The van der Waals surface area contributed by atoms with Crippen LogP contribution in [0, 0.1) is 12.3 Å². The minimum Gasteiger partial charge on any atom is -0.469 e. The number of nitrogens with zero attached hydrogens (tertiary/aromatic N) is 1. The summed E-state index contributed by atoms with van der Waals surface area (Å²) in [5, 5.41) is 4.11. The second-order valence-corrected chi connectivity index (χ2v) is 4.73. The van der Waals surface area contributed by atoms with Crippen LogP contribution in [-0.2, 0) is 19.2 Å². The van der Waals surface area contributed by atoms with Gasteiger partial charge in [0, 0.05) is 23.4 Å². The molecular formula is C16H16ClNO5. The minimum absolute atomic E-state index is 0.0275.